The van der Waals surface area contributed by atoms with E-state index in [0.717, 1.165) is 4.57 Å². The lowest BCUT2D eigenvalue weighted by molar-refractivity contribution is -0.0549. The monoisotopic (exact) mass is 283 g/mol. The Morgan fingerprint density at radius 3 is 2.60 bits per heavy atom. The fourth-order valence-electron chi connectivity index (χ4n) is 1.73. The van der Waals surface area contributed by atoms with Crippen LogP contribution in [-0.4, -0.2) is 49.8 Å². The molecule has 1 aromatic heterocycles. The zero-order chi connectivity index (χ0) is 15.3. The first kappa shape index (κ1) is 16.1. The van der Waals surface area contributed by atoms with Gasteiger partial charge in [-0.3, -0.25) is 4.57 Å². The van der Waals surface area contributed by atoms with Crippen molar-refractivity contribution in [3.63, 3.8) is 0 Å². The summed E-state index contributed by atoms with van der Waals surface area (Å²) in [5.41, 5.74) is 4.63. The Morgan fingerprint density at radius 1 is 1.55 bits per heavy atom. The Bertz CT molecular complexity index is 539. The molecule has 4 atom stereocenters. The number of nitrogens with two attached hydrogens (primary N) is 1. The summed E-state index contributed by atoms with van der Waals surface area (Å²) >= 11 is 0. The lowest BCUT2D eigenvalue weighted by Crippen LogP contribution is -2.36. The SMILES string of the molecule is C#CC.Nc1ccn([C@@H]2O[C@H](CO)[C@@H](O)[C@H]2O)c(=O)n1. The lowest BCUT2D eigenvalue weighted by atomic mass is 10.1. The van der Waals surface area contributed by atoms with Crippen LogP contribution in [0.25, 0.3) is 0 Å². The molecule has 5 N–H and O–H groups in total. The Balaban J connectivity index is 0.000000612. The maximum atomic E-state index is 11.5. The van der Waals surface area contributed by atoms with Gasteiger partial charge in [0.05, 0.1) is 6.61 Å². The molecule has 8 heteroatoms. The number of aromatic nitrogens is 2. The number of terminal acetylenes is 1. The number of nitrogen functional groups attached to an aromatic ring is 1. The highest BCUT2D eigenvalue weighted by Gasteiger charge is 2.43. The fraction of sp³-hybridized carbons (Fsp3) is 0.500. The highest BCUT2D eigenvalue weighted by atomic mass is 16.6. The number of nitrogens with zero attached hydrogens (tertiary/aromatic N) is 2. The van der Waals surface area contributed by atoms with Crippen molar-refractivity contribution in [3.05, 3.63) is 22.7 Å². The molecule has 110 valence electrons. The predicted octanol–water partition coefficient (Wildman–Crippen LogP) is -1.92. The van der Waals surface area contributed by atoms with E-state index in [4.69, 9.17) is 15.6 Å². The van der Waals surface area contributed by atoms with Gasteiger partial charge in [0.15, 0.2) is 6.23 Å². The van der Waals surface area contributed by atoms with Crippen LogP contribution in [0.2, 0.25) is 0 Å². The first-order valence-electron chi connectivity index (χ1n) is 5.80. The molecule has 0 bridgehead atoms. The Labute approximate surface area is 115 Å². The number of aliphatic hydroxyl groups excluding tert-OH is 3. The lowest BCUT2D eigenvalue weighted by Gasteiger charge is -2.16. The maximum absolute atomic E-state index is 11.5. The van der Waals surface area contributed by atoms with Gasteiger partial charge in [0.1, 0.15) is 24.1 Å². The highest BCUT2D eigenvalue weighted by Crippen LogP contribution is 2.27. The molecule has 0 radical (unpaired) electrons. The normalized spacial score (nSPS) is 28.4. The van der Waals surface area contributed by atoms with Crippen molar-refractivity contribution < 1.29 is 20.1 Å². The van der Waals surface area contributed by atoms with Crippen molar-refractivity contribution in [1.29, 1.82) is 0 Å². The van der Waals surface area contributed by atoms with E-state index in [9.17, 15) is 15.0 Å². The molecule has 1 aliphatic heterocycles. The molecule has 0 aromatic carbocycles. The minimum atomic E-state index is -1.31. The van der Waals surface area contributed by atoms with E-state index in [-0.39, 0.29) is 5.82 Å². The maximum Gasteiger partial charge on any atom is 0.351 e. The first-order chi connectivity index (χ1) is 9.46. The van der Waals surface area contributed by atoms with Gasteiger partial charge in [-0.25, -0.2) is 4.79 Å². The minimum absolute atomic E-state index is 0.0537. The van der Waals surface area contributed by atoms with Gasteiger partial charge in [0.2, 0.25) is 0 Å². The summed E-state index contributed by atoms with van der Waals surface area (Å²) in [6.07, 6.45) is 1.33. The third kappa shape index (κ3) is 3.34. The zero-order valence-corrected chi connectivity index (χ0v) is 10.9. The molecule has 0 amide bonds. The second-order valence-corrected chi connectivity index (χ2v) is 4.06. The largest absolute Gasteiger partial charge is 0.394 e. The topological polar surface area (TPSA) is 131 Å². The average molecular weight is 283 g/mol. The average Bonchev–Trinajstić information content (AvgIpc) is 2.67. The molecular formula is C12H17N3O5. The number of aliphatic hydroxyl groups is 3. The molecule has 1 saturated heterocycles. The molecule has 0 aliphatic carbocycles. The first-order valence-corrected chi connectivity index (χ1v) is 5.80. The molecule has 8 nitrogen and oxygen atoms in total. The smallest absolute Gasteiger partial charge is 0.351 e. The van der Waals surface area contributed by atoms with Gasteiger partial charge in [-0.2, -0.15) is 4.98 Å². The van der Waals surface area contributed by atoms with E-state index < -0.39 is 36.8 Å². The third-order valence-electron chi connectivity index (χ3n) is 2.64. The highest BCUT2D eigenvalue weighted by molar-refractivity contribution is 5.23. The Kier molecular flexibility index (Phi) is 5.66. The third-order valence-corrected chi connectivity index (χ3v) is 2.64. The van der Waals surface area contributed by atoms with Gasteiger partial charge in [-0.1, -0.05) is 0 Å². The number of rotatable bonds is 2. The van der Waals surface area contributed by atoms with E-state index in [1.165, 1.54) is 12.3 Å². The van der Waals surface area contributed by atoms with Crippen LogP contribution in [0.1, 0.15) is 13.2 Å². The van der Waals surface area contributed by atoms with E-state index in [1.807, 2.05) is 0 Å². The van der Waals surface area contributed by atoms with Crippen molar-refractivity contribution in [1.82, 2.24) is 9.55 Å². The molecule has 2 heterocycles. The molecular weight excluding hydrogens is 266 g/mol. The van der Waals surface area contributed by atoms with Crippen LogP contribution in [0.5, 0.6) is 0 Å². The van der Waals surface area contributed by atoms with Gasteiger partial charge < -0.3 is 25.8 Å². The van der Waals surface area contributed by atoms with Crippen LogP contribution in [0.4, 0.5) is 5.82 Å². The molecule has 1 aromatic rings. The van der Waals surface area contributed by atoms with Crippen molar-refractivity contribution in [2.75, 3.05) is 12.3 Å². The second-order valence-electron chi connectivity index (χ2n) is 4.06. The van der Waals surface area contributed by atoms with Crippen LogP contribution < -0.4 is 11.4 Å². The summed E-state index contributed by atoms with van der Waals surface area (Å²) in [5.74, 6) is 2.30. The fourth-order valence-corrected chi connectivity index (χ4v) is 1.73. The van der Waals surface area contributed by atoms with Gasteiger partial charge in [0.25, 0.3) is 0 Å². The van der Waals surface area contributed by atoms with E-state index in [2.05, 4.69) is 17.3 Å². The van der Waals surface area contributed by atoms with Crippen LogP contribution >= 0.6 is 0 Å². The van der Waals surface area contributed by atoms with Crippen LogP contribution in [0, 0.1) is 12.3 Å². The molecule has 20 heavy (non-hydrogen) atoms. The standard InChI is InChI=1S/C9H13N3O5.C3H4/c10-5-1-2-12(9(16)11-5)8-7(15)6(14)4(3-13)17-8;1-3-2/h1-2,4,6-8,13-15H,3H2,(H2,10,11,16);1H,2H3/t4-,6-,7-,8-;/m1./s1. The summed E-state index contributed by atoms with van der Waals surface area (Å²) in [6.45, 7) is 1.20. The molecule has 1 aliphatic rings. The van der Waals surface area contributed by atoms with Crippen molar-refractivity contribution in [3.8, 4) is 12.3 Å². The quantitative estimate of drug-likeness (QED) is 0.465. The summed E-state index contributed by atoms with van der Waals surface area (Å²) in [4.78, 5) is 15.0. The minimum Gasteiger partial charge on any atom is -0.394 e. The van der Waals surface area contributed by atoms with Gasteiger partial charge >= 0.3 is 5.69 Å². The molecule has 1 fully saturated rings. The predicted molar refractivity (Wildman–Crippen MR) is 70.4 cm³/mol. The van der Waals surface area contributed by atoms with Gasteiger partial charge in [0, 0.05) is 6.20 Å². The molecule has 2 rings (SSSR count). The summed E-state index contributed by atoms with van der Waals surface area (Å²) < 4.78 is 6.19. The summed E-state index contributed by atoms with van der Waals surface area (Å²) in [5, 5.41) is 28.2. The summed E-state index contributed by atoms with van der Waals surface area (Å²) in [7, 11) is 0. The van der Waals surface area contributed by atoms with Crippen LogP contribution in [0.3, 0.4) is 0 Å². The zero-order valence-electron chi connectivity index (χ0n) is 10.9. The second kappa shape index (κ2) is 7.02. The number of hydrogen-bond donors (Lipinski definition) is 4. The number of hydrogen-bond acceptors (Lipinski definition) is 7. The van der Waals surface area contributed by atoms with E-state index in [0.29, 0.717) is 0 Å². The van der Waals surface area contributed by atoms with E-state index in [1.54, 1.807) is 6.92 Å². The number of anilines is 1. The van der Waals surface area contributed by atoms with Gasteiger partial charge in [-0.15, -0.1) is 12.3 Å². The Hall–Kier alpha value is -1.92. The summed E-state index contributed by atoms with van der Waals surface area (Å²) in [6, 6.07) is 1.37. The molecule has 0 spiro atoms. The van der Waals surface area contributed by atoms with Gasteiger partial charge in [-0.05, 0) is 13.0 Å². The van der Waals surface area contributed by atoms with Crippen LogP contribution in [-0.2, 0) is 4.74 Å². The van der Waals surface area contributed by atoms with E-state index >= 15 is 0 Å². The van der Waals surface area contributed by atoms with Crippen molar-refractivity contribution >= 4 is 5.82 Å². The molecule has 0 unspecified atom stereocenters. The molecule has 0 saturated carbocycles. The van der Waals surface area contributed by atoms with Crippen LogP contribution in [0.15, 0.2) is 17.1 Å². The number of ether oxygens (including phenoxy) is 1. The Morgan fingerprint density at radius 2 is 2.15 bits per heavy atom. The van der Waals surface area contributed by atoms with Crippen molar-refractivity contribution in [2.24, 2.45) is 0 Å². The van der Waals surface area contributed by atoms with Crippen molar-refractivity contribution in [2.45, 2.75) is 31.5 Å².